The molecule has 0 aliphatic rings. The van der Waals surface area contributed by atoms with Gasteiger partial charge in [0.2, 0.25) is 0 Å². The molecule has 0 atom stereocenters. The molecule has 2 heterocycles. The van der Waals surface area contributed by atoms with Crippen LogP contribution < -0.4 is 5.32 Å². The van der Waals surface area contributed by atoms with Crippen molar-refractivity contribution in [1.29, 1.82) is 0 Å². The van der Waals surface area contributed by atoms with Crippen molar-refractivity contribution in [2.75, 3.05) is 6.54 Å². The third-order valence-corrected chi connectivity index (χ3v) is 3.14. The van der Waals surface area contributed by atoms with E-state index in [2.05, 4.69) is 17.0 Å². The van der Waals surface area contributed by atoms with Gasteiger partial charge in [-0.2, -0.15) is 5.10 Å². The third kappa shape index (κ3) is 2.83. The van der Waals surface area contributed by atoms with Crippen molar-refractivity contribution in [3.8, 4) is 17.0 Å². The molecule has 0 bridgehead atoms. The van der Waals surface area contributed by atoms with Gasteiger partial charge in [-0.3, -0.25) is 4.79 Å². The summed E-state index contributed by atoms with van der Waals surface area (Å²) in [5, 5.41) is 6.88. The Bertz CT molecular complexity index is 788. The molecule has 2 aromatic heterocycles. The Morgan fingerprint density at radius 3 is 3.00 bits per heavy atom. The predicted molar refractivity (Wildman–Crippen MR) is 83.8 cm³/mol. The summed E-state index contributed by atoms with van der Waals surface area (Å²) in [5.74, 6) is 0.661. The van der Waals surface area contributed by atoms with Crippen LogP contribution in [0.5, 0.6) is 0 Å². The highest BCUT2D eigenvalue weighted by Crippen LogP contribution is 2.24. The van der Waals surface area contributed by atoms with Gasteiger partial charge in [0.05, 0.1) is 5.69 Å². The van der Waals surface area contributed by atoms with Gasteiger partial charge in [-0.1, -0.05) is 18.2 Å². The first kappa shape index (κ1) is 13.9. The average molecular weight is 293 g/mol. The fraction of sp³-hybridized carbons (Fsp3) is 0.0588. The van der Waals surface area contributed by atoms with E-state index >= 15 is 0 Å². The van der Waals surface area contributed by atoms with Crippen LogP contribution in [0.1, 0.15) is 10.6 Å². The normalized spacial score (nSPS) is 10.4. The Hall–Kier alpha value is -3.08. The largest absolute Gasteiger partial charge is 0.451 e. The molecule has 1 N–H and O–H groups in total. The van der Waals surface area contributed by atoms with E-state index in [4.69, 9.17) is 4.42 Å². The first-order valence-electron chi connectivity index (χ1n) is 6.87. The van der Waals surface area contributed by atoms with Gasteiger partial charge in [0, 0.05) is 24.5 Å². The fourth-order valence-electron chi connectivity index (χ4n) is 2.09. The summed E-state index contributed by atoms with van der Waals surface area (Å²) in [6.07, 6.45) is 5.21. The van der Waals surface area contributed by atoms with Crippen molar-refractivity contribution in [2.24, 2.45) is 0 Å². The minimum absolute atomic E-state index is 0.255. The standard InChI is InChI=1S/C17H15N3O2/c1-2-9-18-17(21)16-8-7-15(22-16)13-5-3-6-14(12-13)20-11-4-10-19-20/h2-8,10-12H,1,9H2,(H,18,21). The van der Waals surface area contributed by atoms with E-state index in [1.54, 1.807) is 29.1 Å². The number of nitrogens with one attached hydrogen (secondary N) is 1. The van der Waals surface area contributed by atoms with Gasteiger partial charge in [0.15, 0.2) is 5.76 Å². The zero-order valence-electron chi connectivity index (χ0n) is 11.9. The first-order valence-corrected chi connectivity index (χ1v) is 6.87. The number of carbonyl (C=O) groups is 1. The maximum atomic E-state index is 11.8. The molecule has 5 nitrogen and oxygen atoms in total. The smallest absolute Gasteiger partial charge is 0.287 e. The number of amides is 1. The van der Waals surface area contributed by atoms with Crippen molar-refractivity contribution in [1.82, 2.24) is 15.1 Å². The van der Waals surface area contributed by atoms with Crippen LogP contribution in [-0.2, 0) is 0 Å². The molecule has 0 aliphatic carbocycles. The highest BCUT2D eigenvalue weighted by molar-refractivity contribution is 5.92. The zero-order valence-corrected chi connectivity index (χ0v) is 11.9. The molecule has 0 radical (unpaired) electrons. The van der Waals surface area contributed by atoms with Crippen molar-refractivity contribution in [3.63, 3.8) is 0 Å². The van der Waals surface area contributed by atoms with Gasteiger partial charge in [0.1, 0.15) is 5.76 Å². The second-order valence-corrected chi connectivity index (χ2v) is 4.66. The summed E-state index contributed by atoms with van der Waals surface area (Å²) in [7, 11) is 0. The predicted octanol–water partition coefficient (Wildman–Crippen LogP) is 3.05. The SMILES string of the molecule is C=CCNC(=O)c1ccc(-c2cccc(-n3cccn3)c2)o1. The van der Waals surface area contributed by atoms with Crippen molar-refractivity contribution >= 4 is 5.91 Å². The summed E-state index contributed by atoms with van der Waals surface area (Å²) < 4.78 is 7.39. The van der Waals surface area contributed by atoms with E-state index in [-0.39, 0.29) is 11.7 Å². The minimum Gasteiger partial charge on any atom is -0.451 e. The number of hydrogen-bond donors (Lipinski definition) is 1. The Kier molecular flexibility index (Phi) is 3.87. The number of carbonyl (C=O) groups excluding carboxylic acids is 1. The Morgan fingerprint density at radius 2 is 2.23 bits per heavy atom. The molecule has 0 saturated heterocycles. The molecule has 0 fully saturated rings. The maximum absolute atomic E-state index is 11.8. The lowest BCUT2D eigenvalue weighted by Crippen LogP contribution is -2.22. The maximum Gasteiger partial charge on any atom is 0.287 e. The van der Waals surface area contributed by atoms with E-state index in [0.717, 1.165) is 11.3 Å². The molecule has 0 unspecified atom stereocenters. The summed E-state index contributed by atoms with van der Waals surface area (Å²) >= 11 is 0. The van der Waals surface area contributed by atoms with E-state index in [1.807, 2.05) is 36.5 Å². The lowest BCUT2D eigenvalue weighted by Gasteiger charge is -2.03. The average Bonchev–Trinajstić information content (AvgIpc) is 3.24. The molecule has 3 rings (SSSR count). The topological polar surface area (TPSA) is 60.1 Å². The summed E-state index contributed by atoms with van der Waals surface area (Å²) in [4.78, 5) is 11.8. The number of rotatable bonds is 5. The first-order chi connectivity index (χ1) is 10.8. The van der Waals surface area contributed by atoms with Crippen LogP contribution >= 0.6 is 0 Å². The Balaban J connectivity index is 1.86. The number of nitrogens with zero attached hydrogens (tertiary/aromatic N) is 2. The van der Waals surface area contributed by atoms with Gasteiger partial charge in [-0.25, -0.2) is 4.68 Å². The van der Waals surface area contributed by atoms with Crippen molar-refractivity contribution in [3.05, 3.63) is 73.3 Å². The van der Waals surface area contributed by atoms with Crippen LogP contribution in [0, 0.1) is 0 Å². The fourth-order valence-corrected chi connectivity index (χ4v) is 2.09. The number of furan rings is 1. The third-order valence-electron chi connectivity index (χ3n) is 3.14. The monoisotopic (exact) mass is 293 g/mol. The molecule has 0 aliphatic heterocycles. The van der Waals surface area contributed by atoms with Gasteiger partial charge in [0.25, 0.3) is 5.91 Å². The summed E-state index contributed by atoms with van der Waals surface area (Å²) in [6.45, 7) is 3.97. The molecular formula is C17H15N3O2. The van der Waals surface area contributed by atoms with E-state index in [1.165, 1.54) is 0 Å². The quantitative estimate of drug-likeness (QED) is 0.735. The second kappa shape index (κ2) is 6.13. The zero-order chi connectivity index (χ0) is 15.4. The number of benzene rings is 1. The molecule has 1 amide bonds. The molecular weight excluding hydrogens is 278 g/mol. The highest BCUT2D eigenvalue weighted by atomic mass is 16.3. The molecule has 22 heavy (non-hydrogen) atoms. The van der Waals surface area contributed by atoms with Crippen LogP contribution in [-0.4, -0.2) is 22.2 Å². The van der Waals surface area contributed by atoms with Crippen LogP contribution in [0.4, 0.5) is 0 Å². The molecule has 1 aromatic carbocycles. The van der Waals surface area contributed by atoms with E-state index in [0.29, 0.717) is 12.3 Å². The molecule has 5 heteroatoms. The van der Waals surface area contributed by atoms with Gasteiger partial charge in [-0.15, -0.1) is 6.58 Å². The van der Waals surface area contributed by atoms with Crippen LogP contribution in [0.25, 0.3) is 17.0 Å². The van der Waals surface area contributed by atoms with Gasteiger partial charge >= 0.3 is 0 Å². The minimum atomic E-state index is -0.255. The lowest BCUT2D eigenvalue weighted by atomic mass is 10.1. The van der Waals surface area contributed by atoms with Crippen LogP contribution in [0.3, 0.4) is 0 Å². The van der Waals surface area contributed by atoms with Crippen LogP contribution in [0.15, 0.2) is 71.9 Å². The summed E-state index contributed by atoms with van der Waals surface area (Å²) in [6, 6.07) is 13.1. The highest BCUT2D eigenvalue weighted by Gasteiger charge is 2.11. The molecule has 3 aromatic rings. The van der Waals surface area contributed by atoms with Gasteiger partial charge in [-0.05, 0) is 30.3 Å². The number of hydrogen-bond acceptors (Lipinski definition) is 3. The second-order valence-electron chi connectivity index (χ2n) is 4.66. The lowest BCUT2D eigenvalue weighted by molar-refractivity contribution is 0.0931. The molecule has 110 valence electrons. The molecule has 0 saturated carbocycles. The van der Waals surface area contributed by atoms with Crippen molar-refractivity contribution < 1.29 is 9.21 Å². The Labute approximate surface area is 127 Å². The van der Waals surface area contributed by atoms with E-state index < -0.39 is 0 Å². The molecule has 0 spiro atoms. The van der Waals surface area contributed by atoms with E-state index in [9.17, 15) is 4.79 Å². The van der Waals surface area contributed by atoms with Crippen LogP contribution in [0.2, 0.25) is 0 Å². The van der Waals surface area contributed by atoms with Gasteiger partial charge < -0.3 is 9.73 Å². The number of aromatic nitrogens is 2. The van der Waals surface area contributed by atoms with Crippen molar-refractivity contribution in [2.45, 2.75) is 0 Å². The Morgan fingerprint density at radius 1 is 1.32 bits per heavy atom. The summed E-state index contributed by atoms with van der Waals surface area (Å²) in [5.41, 5.74) is 1.81.